The molecule has 2 aromatic carbocycles. The van der Waals surface area contributed by atoms with Crippen molar-refractivity contribution in [3.63, 3.8) is 0 Å². The van der Waals surface area contributed by atoms with E-state index in [9.17, 15) is 0 Å². The van der Waals surface area contributed by atoms with Gasteiger partial charge in [-0.1, -0.05) is 24.6 Å². The fraction of sp³-hybridized carbons (Fsp3) is 0.316. The Kier molecular flexibility index (Phi) is 6.69. The molecule has 0 fully saturated rings. The molecule has 2 aromatic rings. The molecule has 5 heteroatoms. The van der Waals surface area contributed by atoms with E-state index in [1.54, 1.807) is 13.3 Å². The van der Waals surface area contributed by atoms with Gasteiger partial charge in [0.2, 0.25) is 0 Å². The van der Waals surface area contributed by atoms with Gasteiger partial charge in [0.1, 0.15) is 0 Å². The van der Waals surface area contributed by atoms with Crippen molar-refractivity contribution in [3.8, 4) is 11.5 Å². The highest BCUT2D eigenvalue weighted by atomic mass is 79.9. The Morgan fingerprint density at radius 3 is 2.67 bits per heavy atom. The highest BCUT2D eigenvalue weighted by Crippen LogP contribution is 2.37. The number of methoxy groups -OCH3 is 1. The maximum absolute atomic E-state index is 6.37. The summed E-state index contributed by atoms with van der Waals surface area (Å²) in [6.45, 7) is 6.10. The molecule has 3 nitrogen and oxygen atoms in total. The van der Waals surface area contributed by atoms with Gasteiger partial charge in [-0.05, 0) is 71.6 Å². The zero-order valence-corrected chi connectivity index (χ0v) is 16.6. The Morgan fingerprint density at radius 1 is 1.29 bits per heavy atom. The summed E-state index contributed by atoms with van der Waals surface area (Å²) in [6, 6.07) is 9.72. The minimum absolute atomic E-state index is 0.0689. The summed E-state index contributed by atoms with van der Waals surface area (Å²) in [5.74, 6) is 1.18. The summed E-state index contributed by atoms with van der Waals surface area (Å²) in [7, 11) is 1.60. The zero-order chi connectivity index (χ0) is 17.7. The maximum Gasteiger partial charge on any atom is 0.180 e. The van der Waals surface area contributed by atoms with Gasteiger partial charge < -0.3 is 9.47 Å². The summed E-state index contributed by atoms with van der Waals surface area (Å²) < 4.78 is 12.2. The molecule has 0 spiro atoms. The van der Waals surface area contributed by atoms with Crippen LogP contribution >= 0.6 is 27.5 Å². The van der Waals surface area contributed by atoms with Crippen molar-refractivity contribution in [2.75, 3.05) is 7.11 Å². The smallest absolute Gasteiger partial charge is 0.180 e. The SMILES string of the molecule is CC[C@@H](C)Oc1c(Cl)cc(C=Nc2ccc(C)cc2Br)cc1OC. The minimum Gasteiger partial charge on any atom is -0.493 e. The number of hydrogen-bond acceptors (Lipinski definition) is 3. The molecule has 0 saturated heterocycles. The van der Waals surface area contributed by atoms with E-state index in [2.05, 4.69) is 27.8 Å². The predicted molar refractivity (Wildman–Crippen MR) is 105 cm³/mol. The maximum atomic E-state index is 6.37. The van der Waals surface area contributed by atoms with Gasteiger partial charge >= 0.3 is 0 Å². The average molecular weight is 411 g/mol. The Balaban J connectivity index is 2.31. The first-order chi connectivity index (χ1) is 11.4. The van der Waals surface area contributed by atoms with Crippen molar-refractivity contribution in [2.24, 2.45) is 4.99 Å². The van der Waals surface area contributed by atoms with Crippen LogP contribution in [0.4, 0.5) is 5.69 Å². The van der Waals surface area contributed by atoms with Crippen LogP contribution in [0.2, 0.25) is 5.02 Å². The molecule has 0 aliphatic heterocycles. The molecule has 0 amide bonds. The second-order valence-corrected chi connectivity index (χ2v) is 6.85. The topological polar surface area (TPSA) is 30.8 Å². The van der Waals surface area contributed by atoms with E-state index < -0.39 is 0 Å². The Labute approximate surface area is 156 Å². The molecule has 0 heterocycles. The number of benzene rings is 2. The number of hydrogen-bond donors (Lipinski definition) is 0. The highest BCUT2D eigenvalue weighted by Gasteiger charge is 2.14. The molecule has 0 radical (unpaired) electrons. The monoisotopic (exact) mass is 409 g/mol. The lowest BCUT2D eigenvalue weighted by Gasteiger charge is -2.17. The van der Waals surface area contributed by atoms with Crippen LogP contribution in [0.15, 0.2) is 39.8 Å². The van der Waals surface area contributed by atoms with Gasteiger partial charge in [0, 0.05) is 10.7 Å². The van der Waals surface area contributed by atoms with Crippen LogP contribution in [0, 0.1) is 6.92 Å². The number of aliphatic imine (C=N–C) groups is 1. The molecule has 0 aromatic heterocycles. The first-order valence-electron chi connectivity index (χ1n) is 7.79. The van der Waals surface area contributed by atoms with Gasteiger partial charge in [-0.3, -0.25) is 4.99 Å². The number of halogens is 2. The Bertz CT molecular complexity index is 746. The number of rotatable bonds is 6. The minimum atomic E-state index is 0.0689. The van der Waals surface area contributed by atoms with Gasteiger partial charge in [0.05, 0.1) is 23.9 Å². The molecule has 0 saturated carbocycles. The van der Waals surface area contributed by atoms with Crippen molar-refractivity contribution in [1.29, 1.82) is 0 Å². The molecule has 0 aliphatic rings. The summed E-state index contributed by atoms with van der Waals surface area (Å²) in [5, 5.41) is 0.513. The van der Waals surface area contributed by atoms with Crippen LogP contribution in [0.5, 0.6) is 11.5 Å². The second-order valence-electron chi connectivity index (χ2n) is 5.58. The fourth-order valence-electron chi connectivity index (χ4n) is 2.07. The first kappa shape index (κ1) is 18.8. The molecule has 128 valence electrons. The van der Waals surface area contributed by atoms with Gasteiger partial charge in [-0.15, -0.1) is 0 Å². The van der Waals surface area contributed by atoms with E-state index in [4.69, 9.17) is 21.1 Å². The molecule has 0 bridgehead atoms. The predicted octanol–water partition coefficient (Wildman–Crippen LogP) is 6.35. The number of nitrogens with zero attached hydrogens (tertiary/aromatic N) is 1. The quantitative estimate of drug-likeness (QED) is 0.520. The Morgan fingerprint density at radius 2 is 2.04 bits per heavy atom. The lowest BCUT2D eigenvalue weighted by atomic mass is 10.2. The van der Waals surface area contributed by atoms with E-state index in [1.807, 2.05) is 44.2 Å². The van der Waals surface area contributed by atoms with Crippen molar-refractivity contribution in [1.82, 2.24) is 0 Å². The molecule has 0 N–H and O–H groups in total. The van der Waals surface area contributed by atoms with Gasteiger partial charge in [0.25, 0.3) is 0 Å². The van der Waals surface area contributed by atoms with E-state index in [0.29, 0.717) is 16.5 Å². The second kappa shape index (κ2) is 8.54. The molecule has 0 unspecified atom stereocenters. The summed E-state index contributed by atoms with van der Waals surface area (Å²) in [6.07, 6.45) is 2.72. The van der Waals surface area contributed by atoms with Crippen LogP contribution in [-0.4, -0.2) is 19.4 Å². The normalized spacial score (nSPS) is 12.4. The molecule has 2 rings (SSSR count). The highest BCUT2D eigenvalue weighted by molar-refractivity contribution is 9.10. The summed E-state index contributed by atoms with van der Waals surface area (Å²) in [5.41, 5.74) is 2.88. The van der Waals surface area contributed by atoms with Gasteiger partial charge in [-0.25, -0.2) is 0 Å². The lowest BCUT2D eigenvalue weighted by Crippen LogP contribution is -2.11. The molecular formula is C19H21BrClNO2. The fourth-order valence-corrected chi connectivity index (χ4v) is 2.93. The van der Waals surface area contributed by atoms with Gasteiger partial charge in [0.15, 0.2) is 11.5 Å². The molecule has 0 aliphatic carbocycles. The van der Waals surface area contributed by atoms with Crippen LogP contribution in [-0.2, 0) is 0 Å². The third kappa shape index (κ3) is 4.74. The van der Waals surface area contributed by atoms with Crippen molar-refractivity contribution in [2.45, 2.75) is 33.3 Å². The van der Waals surface area contributed by atoms with Crippen molar-refractivity contribution < 1.29 is 9.47 Å². The average Bonchev–Trinajstić information content (AvgIpc) is 2.55. The van der Waals surface area contributed by atoms with Crippen LogP contribution < -0.4 is 9.47 Å². The van der Waals surface area contributed by atoms with Crippen LogP contribution in [0.25, 0.3) is 0 Å². The zero-order valence-electron chi connectivity index (χ0n) is 14.3. The van der Waals surface area contributed by atoms with E-state index in [0.717, 1.165) is 22.1 Å². The third-order valence-electron chi connectivity index (χ3n) is 3.60. The summed E-state index contributed by atoms with van der Waals surface area (Å²) >= 11 is 9.90. The lowest BCUT2D eigenvalue weighted by molar-refractivity contribution is 0.208. The van der Waals surface area contributed by atoms with E-state index in [-0.39, 0.29) is 6.10 Å². The van der Waals surface area contributed by atoms with Crippen LogP contribution in [0.3, 0.4) is 0 Å². The Hall–Kier alpha value is -1.52. The standard InChI is InChI=1S/C19H21BrClNO2/c1-5-13(3)24-19-16(21)9-14(10-18(19)23-4)11-22-17-7-6-12(2)8-15(17)20/h6-11,13H,5H2,1-4H3/t13-/m1/s1. The number of ether oxygens (including phenoxy) is 2. The van der Waals surface area contributed by atoms with Crippen molar-refractivity contribution >= 4 is 39.4 Å². The summed E-state index contributed by atoms with van der Waals surface area (Å²) in [4.78, 5) is 4.51. The van der Waals surface area contributed by atoms with E-state index >= 15 is 0 Å². The number of aryl methyl sites for hydroxylation is 1. The molecule has 24 heavy (non-hydrogen) atoms. The van der Waals surface area contributed by atoms with Crippen LogP contribution in [0.1, 0.15) is 31.4 Å². The largest absolute Gasteiger partial charge is 0.493 e. The molecular weight excluding hydrogens is 390 g/mol. The third-order valence-corrected chi connectivity index (χ3v) is 4.52. The first-order valence-corrected chi connectivity index (χ1v) is 8.96. The van der Waals surface area contributed by atoms with Crippen molar-refractivity contribution in [3.05, 3.63) is 51.0 Å². The van der Waals surface area contributed by atoms with E-state index in [1.165, 1.54) is 5.56 Å². The molecule has 1 atom stereocenters. The van der Waals surface area contributed by atoms with Gasteiger partial charge in [-0.2, -0.15) is 0 Å².